The number of amides is 1. The molecule has 0 unspecified atom stereocenters. The Morgan fingerprint density at radius 1 is 1.08 bits per heavy atom. The van der Waals surface area contributed by atoms with Crippen LogP contribution in [0.25, 0.3) is 11.0 Å². The van der Waals surface area contributed by atoms with E-state index in [4.69, 9.17) is 20.8 Å². The van der Waals surface area contributed by atoms with Crippen LogP contribution in [-0.2, 0) is 9.53 Å². The zero-order valence-electron chi connectivity index (χ0n) is 13.7. The molecule has 0 radical (unpaired) electrons. The Labute approximate surface area is 153 Å². The van der Waals surface area contributed by atoms with Crippen molar-refractivity contribution in [3.63, 3.8) is 0 Å². The molecule has 0 bridgehead atoms. The standard InChI is InChI=1S/C19H14ClNO5/c1-11(22)12-2-5-15(6-3-12)21-18(23)10-25-19(24)17-9-13-8-14(20)4-7-16(13)26-17/h2-9H,10H2,1H3,(H,21,23). The second kappa shape index (κ2) is 7.41. The van der Waals surface area contributed by atoms with Gasteiger partial charge in [-0.25, -0.2) is 4.79 Å². The zero-order valence-corrected chi connectivity index (χ0v) is 14.5. The van der Waals surface area contributed by atoms with E-state index in [9.17, 15) is 14.4 Å². The normalized spacial score (nSPS) is 10.5. The fourth-order valence-corrected chi connectivity index (χ4v) is 2.48. The number of ketones is 1. The molecule has 2 aromatic carbocycles. The molecule has 6 nitrogen and oxygen atoms in total. The largest absolute Gasteiger partial charge is 0.450 e. The second-order valence-corrected chi connectivity index (χ2v) is 5.99. The van der Waals surface area contributed by atoms with Crippen molar-refractivity contribution >= 4 is 45.9 Å². The molecule has 0 saturated carbocycles. The zero-order chi connectivity index (χ0) is 18.7. The van der Waals surface area contributed by atoms with Gasteiger partial charge in [0.15, 0.2) is 12.4 Å². The van der Waals surface area contributed by atoms with Gasteiger partial charge < -0.3 is 14.5 Å². The van der Waals surface area contributed by atoms with E-state index in [-0.39, 0.29) is 11.5 Å². The molecular weight excluding hydrogens is 358 g/mol. The highest BCUT2D eigenvalue weighted by Gasteiger charge is 2.16. The van der Waals surface area contributed by atoms with Crippen LogP contribution in [0.2, 0.25) is 5.02 Å². The van der Waals surface area contributed by atoms with Gasteiger partial charge in [-0.1, -0.05) is 11.6 Å². The Kier molecular flexibility index (Phi) is 5.04. The SMILES string of the molecule is CC(=O)c1ccc(NC(=O)COC(=O)c2cc3cc(Cl)ccc3o2)cc1. The van der Waals surface area contributed by atoms with Gasteiger partial charge in [-0.05, 0) is 55.5 Å². The lowest BCUT2D eigenvalue weighted by Crippen LogP contribution is -2.20. The highest BCUT2D eigenvalue weighted by atomic mass is 35.5. The molecule has 0 spiro atoms. The molecule has 0 aliphatic rings. The lowest BCUT2D eigenvalue weighted by atomic mass is 10.1. The molecule has 1 heterocycles. The van der Waals surface area contributed by atoms with E-state index in [2.05, 4.69) is 5.32 Å². The van der Waals surface area contributed by atoms with Crippen LogP contribution < -0.4 is 5.32 Å². The third-order valence-electron chi connectivity index (χ3n) is 3.59. The van der Waals surface area contributed by atoms with Gasteiger partial charge in [0.2, 0.25) is 5.76 Å². The number of fused-ring (bicyclic) bond motifs is 1. The molecule has 3 aromatic rings. The van der Waals surface area contributed by atoms with Crippen LogP contribution in [0.3, 0.4) is 0 Å². The van der Waals surface area contributed by atoms with Gasteiger partial charge in [0.25, 0.3) is 5.91 Å². The van der Waals surface area contributed by atoms with E-state index < -0.39 is 18.5 Å². The van der Waals surface area contributed by atoms with Gasteiger partial charge in [-0.3, -0.25) is 9.59 Å². The van der Waals surface area contributed by atoms with Crippen molar-refractivity contribution in [1.29, 1.82) is 0 Å². The molecule has 0 aliphatic carbocycles. The number of ether oxygens (including phenoxy) is 1. The van der Waals surface area contributed by atoms with Crippen molar-refractivity contribution in [3.8, 4) is 0 Å². The maximum absolute atomic E-state index is 12.0. The number of benzene rings is 2. The average molecular weight is 372 g/mol. The van der Waals surface area contributed by atoms with Crippen LogP contribution in [0.1, 0.15) is 27.8 Å². The number of furan rings is 1. The smallest absolute Gasteiger partial charge is 0.374 e. The van der Waals surface area contributed by atoms with E-state index in [1.54, 1.807) is 42.5 Å². The number of halogens is 1. The van der Waals surface area contributed by atoms with Crippen LogP contribution in [0.15, 0.2) is 52.9 Å². The van der Waals surface area contributed by atoms with Gasteiger partial charge in [-0.15, -0.1) is 0 Å². The molecule has 0 aliphatic heterocycles. The summed E-state index contributed by atoms with van der Waals surface area (Å²) in [5.74, 6) is -1.34. The van der Waals surface area contributed by atoms with Crippen LogP contribution in [0.5, 0.6) is 0 Å². The van der Waals surface area contributed by atoms with Crippen molar-refractivity contribution in [1.82, 2.24) is 0 Å². The maximum atomic E-state index is 12.0. The summed E-state index contributed by atoms with van der Waals surface area (Å²) < 4.78 is 10.3. The van der Waals surface area contributed by atoms with Crippen molar-refractivity contribution in [2.24, 2.45) is 0 Å². The summed E-state index contributed by atoms with van der Waals surface area (Å²) in [5, 5.41) is 3.76. The monoisotopic (exact) mass is 371 g/mol. The molecule has 1 N–H and O–H groups in total. The number of carbonyl (C=O) groups is 3. The third kappa shape index (κ3) is 4.10. The Hall–Kier alpha value is -3.12. The van der Waals surface area contributed by atoms with Gasteiger partial charge in [0.1, 0.15) is 5.58 Å². The second-order valence-electron chi connectivity index (χ2n) is 5.55. The number of hydrogen-bond donors (Lipinski definition) is 1. The first-order valence-corrected chi connectivity index (χ1v) is 8.07. The number of carbonyl (C=O) groups excluding carboxylic acids is 3. The molecule has 0 atom stereocenters. The lowest BCUT2D eigenvalue weighted by Gasteiger charge is -2.06. The molecule has 0 saturated heterocycles. The molecule has 26 heavy (non-hydrogen) atoms. The first kappa shape index (κ1) is 17.7. The van der Waals surface area contributed by atoms with E-state index in [0.717, 1.165) is 0 Å². The Balaban J connectivity index is 1.57. The lowest BCUT2D eigenvalue weighted by molar-refractivity contribution is -0.119. The fourth-order valence-electron chi connectivity index (χ4n) is 2.30. The van der Waals surface area contributed by atoms with Crippen molar-refractivity contribution in [2.45, 2.75) is 6.92 Å². The summed E-state index contributed by atoms with van der Waals surface area (Å²) in [7, 11) is 0. The highest BCUT2D eigenvalue weighted by molar-refractivity contribution is 6.31. The van der Waals surface area contributed by atoms with Crippen LogP contribution in [0.4, 0.5) is 5.69 Å². The first-order chi connectivity index (χ1) is 12.4. The van der Waals surface area contributed by atoms with Crippen molar-refractivity contribution in [2.75, 3.05) is 11.9 Å². The molecule has 0 fully saturated rings. The maximum Gasteiger partial charge on any atom is 0.374 e. The molecule has 3 rings (SSSR count). The number of Topliss-reactive ketones (excluding diaryl/α,β-unsaturated/α-hetero) is 1. The number of esters is 1. The number of anilines is 1. The van der Waals surface area contributed by atoms with Crippen molar-refractivity contribution in [3.05, 3.63) is 64.9 Å². The van der Waals surface area contributed by atoms with Gasteiger partial charge >= 0.3 is 5.97 Å². The highest BCUT2D eigenvalue weighted by Crippen LogP contribution is 2.23. The van der Waals surface area contributed by atoms with Crippen LogP contribution in [0, 0.1) is 0 Å². The molecule has 132 valence electrons. The summed E-state index contributed by atoms with van der Waals surface area (Å²) in [4.78, 5) is 35.1. The fraction of sp³-hybridized carbons (Fsp3) is 0.105. The number of nitrogens with one attached hydrogen (secondary N) is 1. The predicted octanol–water partition coefficient (Wildman–Crippen LogP) is 4.08. The van der Waals surface area contributed by atoms with E-state index >= 15 is 0 Å². The molecular formula is C19H14ClNO5. The minimum absolute atomic E-state index is 0.0131. The van der Waals surface area contributed by atoms with Gasteiger partial charge in [-0.2, -0.15) is 0 Å². The number of hydrogen-bond acceptors (Lipinski definition) is 5. The van der Waals surface area contributed by atoms with Gasteiger partial charge in [0.05, 0.1) is 0 Å². The minimum atomic E-state index is -0.751. The summed E-state index contributed by atoms with van der Waals surface area (Å²) in [5.41, 5.74) is 1.53. The topological polar surface area (TPSA) is 85.6 Å². The minimum Gasteiger partial charge on any atom is -0.450 e. The van der Waals surface area contributed by atoms with Crippen molar-refractivity contribution < 1.29 is 23.5 Å². The summed E-state index contributed by atoms with van der Waals surface area (Å²) in [6.07, 6.45) is 0. The van der Waals surface area contributed by atoms with Crippen LogP contribution >= 0.6 is 11.6 Å². The van der Waals surface area contributed by atoms with Crippen LogP contribution in [-0.4, -0.2) is 24.3 Å². The average Bonchev–Trinajstić information content (AvgIpc) is 3.03. The first-order valence-electron chi connectivity index (χ1n) is 7.69. The van der Waals surface area contributed by atoms with Gasteiger partial charge in [0, 0.05) is 21.7 Å². The Bertz CT molecular complexity index is 991. The molecule has 1 aromatic heterocycles. The number of rotatable bonds is 5. The molecule has 7 heteroatoms. The van der Waals surface area contributed by atoms with E-state index in [1.165, 1.54) is 13.0 Å². The summed E-state index contributed by atoms with van der Waals surface area (Å²) in [6.45, 7) is 0.990. The summed E-state index contributed by atoms with van der Waals surface area (Å²) in [6, 6.07) is 12.8. The van der Waals surface area contributed by atoms with E-state index in [0.29, 0.717) is 27.2 Å². The van der Waals surface area contributed by atoms with E-state index in [1.807, 2.05) is 0 Å². The predicted molar refractivity (Wildman–Crippen MR) is 96.6 cm³/mol. The Morgan fingerprint density at radius 2 is 1.81 bits per heavy atom. The quantitative estimate of drug-likeness (QED) is 0.539. The third-order valence-corrected chi connectivity index (χ3v) is 3.82. The summed E-state index contributed by atoms with van der Waals surface area (Å²) >= 11 is 5.88. The Morgan fingerprint density at radius 3 is 2.50 bits per heavy atom. The molecule has 1 amide bonds.